The molecule has 0 saturated carbocycles. The van der Waals surface area contributed by atoms with E-state index >= 15 is 0 Å². The van der Waals surface area contributed by atoms with E-state index in [1.807, 2.05) is 19.2 Å². The Morgan fingerprint density at radius 2 is 1.94 bits per heavy atom. The molecule has 0 spiro atoms. The second-order valence-electron chi connectivity index (χ2n) is 4.50. The number of hydrogen-bond acceptors (Lipinski definition) is 3. The maximum absolute atomic E-state index is 5.95. The summed E-state index contributed by atoms with van der Waals surface area (Å²) < 4.78 is 5.32. The van der Waals surface area contributed by atoms with Gasteiger partial charge in [-0.25, -0.2) is 0 Å². The maximum Gasteiger partial charge on any atom is 0.122 e. The molecule has 0 atom stereocenters. The van der Waals surface area contributed by atoms with Gasteiger partial charge in [0.2, 0.25) is 0 Å². The fourth-order valence-electron chi connectivity index (χ4n) is 2.05. The predicted molar refractivity (Wildman–Crippen MR) is 73.9 cm³/mol. The van der Waals surface area contributed by atoms with Gasteiger partial charge in [0.1, 0.15) is 5.75 Å². The average Bonchev–Trinajstić information content (AvgIpc) is 2.36. The molecule has 0 saturated heterocycles. The monoisotopic (exact) mass is 242 g/mol. The SMILES string of the molecule is COc1cc(C)c(Cc2cnccc2N)cc1C. The average molecular weight is 242 g/mol. The number of methoxy groups -OCH3 is 1. The van der Waals surface area contributed by atoms with E-state index in [1.54, 1.807) is 13.3 Å². The van der Waals surface area contributed by atoms with Gasteiger partial charge in [-0.05, 0) is 48.2 Å². The largest absolute Gasteiger partial charge is 0.496 e. The molecule has 2 aromatic rings. The number of aromatic nitrogens is 1. The Morgan fingerprint density at radius 1 is 1.17 bits per heavy atom. The van der Waals surface area contributed by atoms with E-state index in [1.165, 1.54) is 11.1 Å². The number of benzene rings is 1. The minimum atomic E-state index is 0.790. The lowest BCUT2D eigenvalue weighted by atomic mass is 9.98. The summed E-state index contributed by atoms with van der Waals surface area (Å²) in [5, 5.41) is 0. The van der Waals surface area contributed by atoms with Gasteiger partial charge in [-0.15, -0.1) is 0 Å². The van der Waals surface area contributed by atoms with E-state index in [4.69, 9.17) is 10.5 Å². The van der Waals surface area contributed by atoms with Crippen LogP contribution in [0.5, 0.6) is 5.75 Å². The predicted octanol–water partition coefficient (Wildman–Crippen LogP) is 2.88. The Kier molecular flexibility index (Phi) is 3.51. The molecule has 0 radical (unpaired) electrons. The molecule has 1 aromatic carbocycles. The van der Waals surface area contributed by atoms with Crippen molar-refractivity contribution in [3.8, 4) is 5.75 Å². The van der Waals surface area contributed by atoms with Crippen molar-refractivity contribution in [2.75, 3.05) is 12.8 Å². The fourth-order valence-corrected chi connectivity index (χ4v) is 2.05. The molecule has 0 aliphatic rings. The number of hydrogen-bond donors (Lipinski definition) is 1. The number of nitrogen functional groups attached to an aromatic ring is 1. The van der Waals surface area contributed by atoms with Crippen LogP contribution in [0, 0.1) is 13.8 Å². The van der Waals surface area contributed by atoms with E-state index < -0.39 is 0 Å². The summed E-state index contributed by atoms with van der Waals surface area (Å²) in [7, 11) is 1.69. The summed E-state index contributed by atoms with van der Waals surface area (Å²) >= 11 is 0. The highest BCUT2D eigenvalue weighted by atomic mass is 16.5. The molecule has 2 N–H and O–H groups in total. The van der Waals surface area contributed by atoms with Crippen LogP contribution in [0.1, 0.15) is 22.3 Å². The number of ether oxygens (including phenoxy) is 1. The number of anilines is 1. The summed E-state index contributed by atoms with van der Waals surface area (Å²) in [6, 6.07) is 6.05. The second kappa shape index (κ2) is 5.08. The normalized spacial score (nSPS) is 10.4. The lowest BCUT2D eigenvalue weighted by Crippen LogP contribution is -1.99. The molecule has 3 nitrogen and oxygen atoms in total. The van der Waals surface area contributed by atoms with Gasteiger partial charge in [-0.3, -0.25) is 4.98 Å². The zero-order chi connectivity index (χ0) is 13.1. The van der Waals surface area contributed by atoms with Crippen molar-refractivity contribution in [3.05, 3.63) is 52.8 Å². The van der Waals surface area contributed by atoms with E-state index in [2.05, 4.69) is 24.0 Å². The summed E-state index contributed by atoms with van der Waals surface area (Å²) in [5.41, 5.74) is 11.4. The third-order valence-electron chi connectivity index (χ3n) is 3.18. The van der Waals surface area contributed by atoms with Crippen LogP contribution in [0.15, 0.2) is 30.6 Å². The number of rotatable bonds is 3. The summed E-state index contributed by atoms with van der Waals surface area (Å²) in [6.45, 7) is 4.14. The Balaban J connectivity index is 2.35. The topological polar surface area (TPSA) is 48.1 Å². The first-order chi connectivity index (χ1) is 8.61. The van der Waals surface area contributed by atoms with Gasteiger partial charge < -0.3 is 10.5 Å². The van der Waals surface area contributed by atoms with E-state index in [0.29, 0.717) is 0 Å². The van der Waals surface area contributed by atoms with Crippen LogP contribution < -0.4 is 10.5 Å². The van der Waals surface area contributed by atoms with Gasteiger partial charge in [0, 0.05) is 24.5 Å². The highest BCUT2D eigenvalue weighted by Crippen LogP contribution is 2.25. The number of aryl methyl sites for hydroxylation is 2. The van der Waals surface area contributed by atoms with Crippen LogP contribution in [-0.4, -0.2) is 12.1 Å². The summed E-state index contributed by atoms with van der Waals surface area (Å²) in [4.78, 5) is 4.12. The number of nitrogens with zero attached hydrogens (tertiary/aromatic N) is 1. The van der Waals surface area contributed by atoms with Gasteiger partial charge in [0.15, 0.2) is 0 Å². The van der Waals surface area contributed by atoms with Gasteiger partial charge in [0.05, 0.1) is 7.11 Å². The molecule has 3 heteroatoms. The van der Waals surface area contributed by atoms with Crippen molar-refractivity contribution in [2.45, 2.75) is 20.3 Å². The van der Waals surface area contributed by atoms with Crippen molar-refractivity contribution in [1.29, 1.82) is 0 Å². The lowest BCUT2D eigenvalue weighted by Gasteiger charge is -2.12. The lowest BCUT2D eigenvalue weighted by molar-refractivity contribution is 0.411. The molecule has 0 aliphatic heterocycles. The van der Waals surface area contributed by atoms with Crippen LogP contribution >= 0.6 is 0 Å². The first-order valence-corrected chi connectivity index (χ1v) is 5.94. The van der Waals surface area contributed by atoms with E-state index in [-0.39, 0.29) is 0 Å². The third-order valence-corrected chi connectivity index (χ3v) is 3.18. The minimum absolute atomic E-state index is 0.790. The standard InChI is InChI=1S/C15H18N2O/c1-10-7-15(18-3)11(2)6-12(10)8-13-9-17-5-4-14(13)16/h4-7,9H,8H2,1-3H3,(H2,16,17). The maximum atomic E-state index is 5.95. The molecule has 0 bridgehead atoms. The van der Waals surface area contributed by atoms with E-state index in [9.17, 15) is 0 Å². The third kappa shape index (κ3) is 2.45. The van der Waals surface area contributed by atoms with E-state index in [0.717, 1.165) is 29.0 Å². The molecular formula is C15H18N2O. The van der Waals surface area contributed by atoms with Crippen molar-refractivity contribution in [3.63, 3.8) is 0 Å². The van der Waals surface area contributed by atoms with Crippen molar-refractivity contribution in [2.24, 2.45) is 0 Å². The van der Waals surface area contributed by atoms with Crippen LogP contribution in [0.2, 0.25) is 0 Å². The Morgan fingerprint density at radius 3 is 2.61 bits per heavy atom. The molecule has 0 unspecified atom stereocenters. The molecule has 1 heterocycles. The number of pyridine rings is 1. The molecule has 0 aliphatic carbocycles. The molecule has 18 heavy (non-hydrogen) atoms. The van der Waals surface area contributed by atoms with Gasteiger partial charge in [-0.1, -0.05) is 6.07 Å². The van der Waals surface area contributed by atoms with Gasteiger partial charge in [0.25, 0.3) is 0 Å². The zero-order valence-electron chi connectivity index (χ0n) is 11.0. The van der Waals surface area contributed by atoms with Gasteiger partial charge in [-0.2, -0.15) is 0 Å². The smallest absolute Gasteiger partial charge is 0.122 e. The highest BCUT2D eigenvalue weighted by Gasteiger charge is 2.07. The molecule has 1 aromatic heterocycles. The Labute approximate surface area is 108 Å². The first kappa shape index (κ1) is 12.4. The Hall–Kier alpha value is -2.03. The molecule has 0 fully saturated rings. The van der Waals surface area contributed by atoms with Gasteiger partial charge >= 0.3 is 0 Å². The summed E-state index contributed by atoms with van der Waals surface area (Å²) in [5.74, 6) is 0.926. The van der Waals surface area contributed by atoms with Crippen LogP contribution in [0.25, 0.3) is 0 Å². The Bertz CT molecular complexity index is 564. The van der Waals surface area contributed by atoms with Crippen LogP contribution in [-0.2, 0) is 6.42 Å². The van der Waals surface area contributed by atoms with Crippen LogP contribution in [0.3, 0.4) is 0 Å². The molecule has 94 valence electrons. The molecule has 2 rings (SSSR count). The minimum Gasteiger partial charge on any atom is -0.496 e. The second-order valence-corrected chi connectivity index (χ2v) is 4.50. The van der Waals surface area contributed by atoms with Crippen molar-refractivity contribution < 1.29 is 4.74 Å². The first-order valence-electron chi connectivity index (χ1n) is 5.94. The highest BCUT2D eigenvalue weighted by molar-refractivity contribution is 5.49. The van der Waals surface area contributed by atoms with Crippen molar-refractivity contribution in [1.82, 2.24) is 4.98 Å². The molecular weight excluding hydrogens is 224 g/mol. The summed E-state index contributed by atoms with van der Waals surface area (Å²) in [6.07, 6.45) is 4.34. The number of nitrogens with two attached hydrogens (primary N) is 1. The quantitative estimate of drug-likeness (QED) is 0.900. The molecule has 0 amide bonds. The fraction of sp³-hybridized carbons (Fsp3) is 0.267. The van der Waals surface area contributed by atoms with Crippen LogP contribution in [0.4, 0.5) is 5.69 Å². The zero-order valence-corrected chi connectivity index (χ0v) is 11.0. The van der Waals surface area contributed by atoms with Crippen molar-refractivity contribution >= 4 is 5.69 Å².